The first-order valence-corrected chi connectivity index (χ1v) is 7.90. The average Bonchev–Trinajstić information content (AvgIpc) is 2.65. The second-order valence-electron chi connectivity index (χ2n) is 5.63. The van der Waals surface area contributed by atoms with Crippen molar-refractivity contribution in [1.29, 1.82) is 0 Å². The van der Waals surface area contributed by atoms with Crippen LogP contribution in [0.1, 0.15) is 0 Å². The van der Waals surface area contributed by atoms with Crippen LogP contribution < -0.4 is 10.1 Å². The summed E-state index contributed by atoms with van der Waals surface area (Å²) in [5.74, 6) is 0.715. The van der Waals surface area contributed by atoms with E-state index in [1.165, 1.54) is 12.1 Å². The molecule has 0 saturated heterocycles. The summed E-state index contributed by atoms with van der Waals surface area (Å²) in [6, 6.07) is 19.8. The lowest BCUT2D eigenvalue weighted by Gasteiger charge is -2.15. The fraction of sp³-hybridized carbons (Fsp3) is 0.158. The highest BCUT2D eigenvalue weighted by Crippen LogP contribution is 2.25. The molecule has 0 bridgehead atoms. The van der Waals surface area contributed by atoms with Crippen LogP contribution in [0, 0.1) is 10.1 Å². The van der Waals surface area contributed by atoms with Crippen LogP contribution in [0.5, 0.6) is 5.75 Å². The first-order chi connectivity index (χ1) is 12.1. The molecule has 3 aromatic carbocycles. The number of halogens is 1. The van der Waals surface area contributed by atoms with Gasteiger partial charge in [-0.05, 0) is 17.5 Å². The summed E-state index contributed by atoms with van der Waals surface area (Å²) in [5, 5.41) is 25.9. The molecular formula is C19H19ClN2O4. The zero-order valence-electron chi connectivity index (χ0n) is 13.9. The number of hydrogen-bond donors (Lipinski definition) is 2. The number of nitrogens with zero attached hydrogens (tertiary/aromatic N) is 1. The summed E-state index contributed by atoms with van der Waals surface area (Å²) in [6.07, 6.45) is -0.752. The van der Waals surface area contributed by atoms with Crippen molar-refractivity contribution in [3.63, 3.8) is 0 Å². The van der Waals surface area contributed by atoms with Crippen molar-refractivity contribution < 1.29 is 14.8 Å². The van der Waals surface area contributed by atoms with Crippen molar-refractivity contribution in [3.8, 4) is 5.75 Å². The van der Waals surface area contributed by atoms with E-state index in [0.29, 0.717) is 11.4 Å². The molecule has 0 aliphatic rings. The molecule has 7 heteroatoms. The Kier molecular flexibility index (Phi) is 6.77. The lowest BCUT2D eigenvalue weighted by molar-refractivity contribution is -0.384. The highest BCUT2D eigenvalue weighted by Gasteiger charge is 2.09. The Morgan fingerprint density at radius 1 is 1.08 bits per heavy atom. The number of nitrogens with one attached hydrogen (secondary N) is 1. The first kappa shape index (κ1) is 19.5. The molecule has 0 amide bonds. The number of aliphatic hydroxyl groups excluding tert-OH is 1. The topological polar surface area (TPSA) is 84.6 Å². The molecule has 0 aromatic heterocycles. The number of non-ortho nitro benzene ring substituents is 1. The van der Waals surface area contributed by atoms with Crippen LogP contribution in [0.3, 0.4) is 0 Å². The summed E-state index contributed by atoms with van der Waals surface area (Å²) < 4.78 is 5.73. The SMILES string of the molecule is Cl.O=[N+]([O-])c1cccc(NCC(O)COc2cccc3ccccc23)c1. The van der Waals surface area contributed by atoms with Crippen molar-refractivity contribution in [2.24, 2.45) is 0 Å². The number of aliphatic hydroxyl groups is 1. The Morgan fingerprint density at radius 3 is 2.62 bits per heavy atom. The van der Waals surface area contributed by atoms with Crippen molar-refractivity contribution in [3.05, 3.63) is 76.8 Å². The van der Waals surface area contributed by atoms with E-state index in [2.05, 4.69) is 5.32 Å². The van der Waals surface area contributed by atoms with Crippen molar-refractivity contribution in [2.45, 2.75) is 6.10 Å². The molecule has 2 N–H and O–H groups in total. The number of nitro benzene ring substituents is 1. The van der Waals surface area contributed by atoms with Gasteiger partial charge in [-0.15, -0.1) is 12.4 Å². The number of benzene rings is 3. The number of nitro groups is 1. The fourth-order valence-corrected chi connectivity index (χ4v) is 2.53. The van der Waals surface area contributed by atoms with Gasteiger partial charge in [-0.3, -0.25) is 10.1 Å². The quantitative estimate of drug-likeness (QED) is 0.482. The molecule has 6 nitrogen and oxygen atoms in total. The Morgan fingerprint density at radius 2 is 1.81 bits per heavy atom. The van der Waals surface area contributed by atoms with E-state index < -0.39 is 11.0 Å². The second-order valence-corrected chi connectivity index (χ2v) is 5.63. The molecule has 26 heavy (non-hydrogen) atoms. The van der Waals surface area contributed by atoms with Gasteiger partial charge in [0.15, 0.2) is 0 Å². The number of rotatable bonds is 7. The summed E-state index contributed by atoms with van der Waals surface area (Å²) in [6.45, 7) is 0.349. The third-order valence-electron chi connectivity index (χ3n) is 3.78. The summed E-state index contributed by atoms with van der Waals surface area (Å²) in [7, 11) is 0. The molecule has 0 aliphatic carbocycles. The zero-order valence-corrected chi connectivity index (χ0v) is 14.7. The van der Waals surface area contributed by atoms with E-state index in [1.54, 1.807) is 12.1 Å². The van der Waals surface area contributed by atoms with Gasteiger partial charge < -0.3 is 15.2 Å². The lowest BCUT2D eigenvalue weighted by atomic mass is 10.1. The van der Waals surface area contributed by atoms with E-state index in [-0.39, 0.29) is 31.2 Å². The van der Waals surface area contributed by atoms with Crippen LogP contribution in [-0.4, -0.2) is 29.3 Å². The molecule has 0 aliphatic heterocycles. The molecule has 136 valence electrons. The number of ether oxygens (including phenoxy) is 1. The van der Waals surface area contributed by atoms with Crippen molar-refractivity contribution in [1.82, 2.24) is 0 Å². The fourth-order valence-electron chi connectivity index (χ4n) is 2.53. The van der Waals surface area contributed by atoms with E-state index in [1.807, 2.05) is 42.5 Å². The minimum Gasteiger partial charge on any atom is -0.490 e. The Bertz CT molecular complexity index is 883. The standard InChI is InChI=1S/C19H18N2O4.ClH/c22-17(12-20-15-7-4-8-16(11-15)21(23)24)13-25-19-10-3-6-14-5-1-2-9-18(14)19;/h1-11,17,20,22H,12-13H2;1H. The molecule has 0 radical (unpaired) electrons. The molecule has 0 spiro atoms. The maximum atomic E-state index is 10.8. The molecular weight excluding hydrogens is 356 g/mol. The van der Waals surface area contributed by atoms with Crippen LogP contribution >= 0.6 is 12.4 Å². The largest absolute Gasteiger partial charge is 0.490 e. The van der Waals surface area contributed by atoms with E-state index in [4.69, 9.17) is 4.74 Å². The van der Waals surface area contributed by atoms with Crippen molar-refractivity contribution in [2.75, 3.05) is 18.5 Å². The van der Waals surface area contributed by atoms with Gasteiger partial charge >= 0.3 is 0 Å². The summed E-state index contributed by atoms with van der Waals surface area (Å²) in [4.78, 5) is 10.3. The molecule has 1 atom stereocenters. The Hall–Kier alpha value is -2.83. The van der Waals surface area contributed by atoms with E-state index >= 15 is 0 Å². The predicted octanol–water partition coefficient (Wildman–Crippen LogP) is 4.02. The van der Waals surface area contributed by atoms with Gasteiger partial charge in [0, 0.05) is 29.8 Å². The second kappa shape index (κ2) is 9.03. The minimum absolute atomic E-state index is 0. The molecule has 0 saturated carbocycles. The van der Waals surface area contributed by atoms with Gasteiger partial charge in [0.25, 0.3) is 5.69 Å². The van der Waals surface area contributed by atoms with Crippen molar-refractivity contribution >= 4 is 34.6 Å². The molecule has 3 rings (SSSR count). The average molecular weight is 375 g/mol. The summed E-state index contributed by atoms with van der Waals surface area (Å²) in [5.41, 5.74) is 0.588. The van der Waals surface area contributed by atoms with Gasteiger partial charge in [-0.25, -0.2) is 0 Å². The minimum atomic E-state index is -0.752. The van der Waals surface area contributed by atoms with Crippen LogP contribution in [0.4, 0.5) is 11.4 Å². The van der Waals surface area contributed by atoms with Gasteiger partial charge in [-0.2, -0.15) is 0 Å². The molecule has 3 aromatic rings. The molecule has 1 unspecified atom stereocenters. The van der Waals surface area contributed by atoms with E-state index in [0.717, 1.165) is 10.8 Å². The lowest BCUT2D eigenvalue weighted by Crippen LogP contribution is -2.26. The van der Waals surface area contributed by atoms with E-state index in [9.17, 15) is 15.2 Å². The van der Waals surface area contributed by atoms with Crippen LogP contribution in [0.2, 0.25) is 0 Å². The van der Waals surface area contributed by atoms with Gasteiger partial charge in [0.05, 0.1) is 4.92 Å². The number of hydrogen-bond acceptors (Lipinski definition) is 5. The third kappa shape index (κ3) is 4.84. The highest BCUT2D eigenvalue weighted by molar-refractivity contribution is 5.88. The smallest absolute Gasteiger partial charge is 0.271 e. The number of fused-ring (bicyclic) bond motifs is 1. The summed E-state index contributed by atoms with van der Waals surface area (Å²) >= 11 is 0. The monoisotopic (exact) mass is 374 g/mol. The zero-order chi connectivity index (χ0) is 17.6. The van der Waals surface area contributed by atoms with Crippen LogP contribution in [-0.2, 0) is 0 Å². The van der Waals surface area contributed by atoms with Crippen LogP contribution in [0.15, 0.2) is 66.7 Å². The molecule has 0 heterocycles. The third-order valence-corrected chi connectivity index (χ3v) is 3.78. The molecule has 0 fully saturated rings. The highest BCUT2D eigenvalue weighted by atomic mass is 35.5. The predicted molar refractivity (Wildman–Crippen MR) is 104 cm³/mol. The maximum absolute atomic E-state index is 10.8. The van der Waals surface area contributed by atoms with Crippen LogP contribution in [0.25, 0.3) is 10.8 Å². The first-order valence-electron chi connectivity index (χ1n) is 7.90. The Balaban J connectivity index is 0.00000243. The van der Waals surface area contributed by atoms with Gasteiger partial charge in [0.2, 0.25) is 0 Å². The number of anilines is 1. The maximum Gasteiger partial charge on any atom is 0.271 e. The van der Waals surface area contributed by atoms with Gasteiger partial charge in [-0.1, -0.05) is 42.5 Å². The Labute approximate surface area is 157 Å². The van der Waals surface area contributed by atoms with Gasteiger partial charge in [0.1, 0.15) is 18.5 Å². The normalized spacial score (nSPS) is 11.4.